The Balaban J connectivity index is 1.69. The van der Waals surface area contributed by atoms with Gasteiger partial charge in [-0.2, -0.15) is 5.10 Å². The molecule has 0 aliphatic rings. The highest BCUT2D eigenvalue weighted by molar-refractivity contribution is 7.22. The summed E-state index contributed by atoms with van der Waals surface area (Å²) in [5.41, 5.74) is 1.98. The molecule has 0 unspecified atom stereocenters. The summed E-state index contributed by atoms with van der Waals surface area (Å²) in [6, 6.07) is 0. The van der Waals surface area contributed by atoms with Gasteiger partial charge in [0, 0.05) is 39.5 Å². The van der Waals surface area contributed by atoms with Gasteiger partial charge >= 0.3 is 0 Å². The summed E-state index contributed by atoms with van der Waals surface area (Å²) >= 11 is 1.65. The van der Waals surface area contributed by atoms with Crippen LogP contribution in [-0.2, 0) is 20.5 Å². The average molecular weight is 276 g/mol. The number of hydrogen-bond acceptors (Lipinski definition) is 5. The Kier molecular flexibility index (Phi) is 2.98. The number of hydrogen-bond donors (Lipinski definition) is 1. The molecule has 0 atom stereocenters. The highest BCUT2D eigenvalue weighted by Gasteiger charge is 2.11. The molecule has 6 nitrogen and oxygen atoms in total. The Hall–Kier alpha value is -1.89. The SMILES string of the molecule is Cc1nn(C)c2nc(NCCc3nccn3C)sc12. The number of imidazole rings is 1. The molecule has 0 aliphatic carbocycles. The molecular formula is C12H16N6S. The van der Waals surface area contributed by atoms with Gasteiger partial charge in [-0.05, 0) is 6.92 Å². The third kappa shape index (κ3) is 2.21. The molecule has 0 aromatic carbocycles. The van der Waals surface area contributed by atoms with Crippen molar-refractivity contribution in [1.82, 2.24) is 24.3 Å². The maximum absolute atomic E-state index is 4.56. The summed E-state index contributed by atoms with van der Waals surface area (Å²) in [4.78, 5) is 8.85. The molecule has 100 valence electrons. The van der Waals surface area contributed by atoms with E-state index in [2.05, 4.69) is 20.4 Å². The van der Waals surface area contributed by atoms with Gasteiger partial charge in [0.25, 0.3) is 0 Å². The quantitative estimate of drug-likeness (QED) is 0.788. The fraction of sp³-hybridized carbons (Fsp3) is 0.417. The van der Waals surface area contributed by atoms with Crippen molar-refractivity contribution in [2.45, 2.75) is 13.3 Å². The second kappa shape index (κ2) is 4.65. The van der Waals surface area contributed by atoms with Gasteiger partial charge in [-0.3, -0.25) is 0 Å². The minimum absolute atomic E-state index is 0.831. The number of nitrogens with one attached hydrogen (secondary N) is 1. The summed E-state index contributed by atoms with van der Waals surface area (Å²) in [5, 5.41) is 8.65. The second-order valence-corrected chi connectivity index (χ2v) is 5.51. The Bertz CT molecular complexity index is 673. The predicted molar refractivity (Wildman–Crippen MR) is 76.5 cm³/mol. The summed E-state index contributed by atoms with van der Waals surface area (Å²) in [6.07, 6.45) is 4.67. The van der Waals surface area contributed by atoms with Crippen LogP contribution in [0.1, 0.15) is 11.5 Å². The molecule has 3 rings (SSSR count). The van der Waals surface area contributed by atoms with E-state index in [1.54, 1.807) is 11.3 Å². The maximum atomic E-state index is 4.56. The van der Waals surface area contributed by atoms with Crippen molar-refractivity contribution in [3.05, 3.63) is 23.9 Å². The van der Waals surface area contributed by atoms with Gasteiger partial charge in [-0.15, -0.1) is 0 Å². The molecule has 3 aromatic rings. The van der Waals surface area contributed by atoms with E-state index in [0.29, 0.717) is 0 Å². The van der Waals surface area contributed by atoms with Crippen molar-refractivity contribution in [3.63, 3.8) is 0 Å². The van der Waals surface area contributed by atoms with Crippen LogP contribution in [0.25, 0.3) is 10.3 Å². The number of anilines is 1. The summed E-state index contributed by atoms with van der Waals surface area (Å²) in [7, 11) is 3.93. The molecule has 0 saturated carbocycles. The zero-order valence-corrected chi connectivity index (χ0v) is 12.0. The molecule has 0 bridgehead atoms. The molecule has 3 heterocycles. The van der Waals surface area contributed by atoms with Crippen molar-refractivity contribution < 1.29 is 0 Å². The van der Waals surface area contributed by atoms with Gasteiger partial charge in [-0.1, -0.05) is 11.3 Å². The number of thiazole rings is 1. The lowest BCUT2D eigenvalue weighted by Crippen LogP contribution is -2.08. The van der Waals surface area contributed by atoms with Crippen LogP contribution in [-0.4, -0.2) is 30.9 Å². The van der Waals surface area contributed by atoms with Crippen molar-refractivity contribution in [2.75, 3.05) is 11.9 Å². The number of aromatic nitrogens is 5. The largest absolute Gasteiger partial charge is 0.361 e. The van der Waals surface area contributed by atoms with Gasteiger partial charge in [0.15, 0.2) is 10.8 Å². The minimum Gasteiger partial charge on any atom is -0.361 e. The molecule has 7 heteroatoms. The van der Waals surface area contributed by atoms with E-state index in [-0.39, 0.29) is 0 Å². The van der Waals surface area contributed by atoms with E-state index in [1.807, 2.05) is 42.7 Å². The summed E-state index contributed by atoms with van der Waals surface area (Å²) in [6.45, 7) is 2.84. The average Bonchev–Trinajstić information content (AvgIpc) is 3.01. The highest BCUT2D eigenvalue weighted by Crippen LogP contribution is 2.27. The van der Waals surface area contributed by atoms with Gasteiger partial charge in [0.1, 0.15) is 5.82 Å². The number of nitrogens with zero attached hydrogens (tertiary/aromatic N) is 5. The first-order valence-electron chi connectivity index (χ1n) is 6.15. The van der Waals surface area contributed by atoms with Crippen molar-refractivity contribution >= 4 is 26.8 Å². The van der Waals surface area contributed by atoms with Crippen LogP contribution < -0.4 is 5.32 Å². The van der Waals surface area contributed by atoms with Crippen LogP contribution in [0, 0.1) is 6.92 Å². The van der Waals surface area contributed by atoms with E-state index in [4.69, 9.17) is 0 Å². The zero-order chi connectivity index (χ0) is 13.4. The number of aryl methyl sites for hydroxylation is 3. The van der Waals surface area contributed by atoms with Crippen LogP contribution in [0.2, 0.25) is 0 Å². The van der Waals surface area contributed by atoms with Crippen LogP contribution in [0.5, 0.6) is 0 Å². The molecule has 0 fully saturated rings. The standard InChI is InChI=1S/C12H16N6S/c1-8-10-11(18(3)16-8)15-12(19-10)14-5-4-9-13-6-7-17(9)2/h6-7H,4-5H2,1-3H3,(H,14,15). The monoisotopic (exact) mass is 276 g/mol. The van der Waals surface area contributed by atoms with E-state index in [1.165, 1.54) is 0 Å². The van der Waals surface area contributed by atoms with E-state index in [9.17, 15) is 0 Å². The topological polar surface area (TPSA) is 60.6 Å². The third-order valence-corrected chi connectivity index (χ3v) is 4.20. The van der Waals surface area contributed by atoms with Crippen molar-refractivity contribution in [2.24, 2.45) is 14.1 Å². The fourth-order valence-corrected chi connectivity index (χ4v) is 3.04. The zero-order valence-electron chi connectivity index (χ0n) is 11.2. The van der Waals surface area contributed by atoms with Crippen molar-refractivity contribution in [3.8, 4) is 0 Å². The van der Waals surface area contributed by atoms with Crippen LogP contribution >= 0.6 is 11.3 Å². The van der Waals surface area contributed by atoms with Crippen molar-refractivity contribution in [1.29, 1.82) is 0 Å². The highest BCUT2D eigenvalue weighted by atomic mass is 32.1. The predicted octanol–water partition coefficient (Wildman–Crippen LogP) is 1.73. The normalized spacial score (nSPS) is 11.3. The first-order valence-corrected chi connectivity index (χ1v) is 6.97. The van der Waals surface area contributed by atoms with E-state index >= 15 is 0 Å². The smallest absolute Gasteiger partial charge is 0.185 e. The van der Waals surface area contributed by atoms with Crippen LogP contribution in [0.15, 0.2) is 12.4 Å². The third-order valence-electron chi connectivity index (χ3n) is 3.09. The second-order valence-electron chi connectivity index (χ2n) is 4.51. The molecule has 0 spiro atoms. The van der Waals surface area contributed by atoms with Gasteiger partial charge < -0.3 is 9.88 Å². The Morgan fingerprint density at radius 3 is 2.89 bits per heavy atom. The molecule has 0 saturated heterocycles. The molecule has 0 amide bonds. The van der Waals surface area contributed by atoms with Gasteiger partial charge in [-0.25, -0.2) is 14.6 Å². The Morgan fingerprint density at radius 1 is 1.37 bits per heavy atom. The lowest BCUT2D eigenvalue weighted by molar-refractivity contribution is 0.773. The Labute approximate surface area is 115 Å². The van der Waals surface area contributed by atoms with Gasteiger partial charge in [0.05, 0.1) is 10.4 Å². The van der Waals surface area contributed by atoms with Crippen LogP contribution in [0.3, 0.4) is 0 Å². The number of fused-ring (bicyclic) bond motifs is 1. The maximum Gasteiger partial charge on any atom is 0.185 e. The molecule has 19 heavy (non-hydrogen) atoms. The lowest BCUT2D eigenvalue weighted by atomic mass is 10.4. The first kappa shape index (κ1) is 12.2. The summed E-state index contributed by atoms with van der Waals surface area (Å²) < 4.78 is 5.01. The summed E-state index contributed by atoms with van der Waals surface area (Å²) in [5.74, 6) is 1.08. The fourth-order valence-electron chi connectivity index (χ4n) is 2.08. The number of rotatable bonds is 4. The minimum atomic E-state index is 0.831. The first-order chi connectivity index (χ1) is 9.15. The molecular weight excluding hydrogens is 260 g/mol. The van der Waals surface area contributed by atoms with E-state index < -0.39 is 0 Å². The van der Waals surface area contributed by atoms with E-state index in [0.717, 1.165) is 40.0 Å². The lowest BCUT2D eigenvalue weighted by Gasteiger charge is -2.02. The molecule has 3 aromatic heterocycles. The van der Waals surface area contributed by atoms with Gasteiger partial charge in [0.2, 0.25) is 0 Å². The molecule has 0 aliphatic heterocycles. The molecule has 0 radical (unpaired) electrons. The molecule has 1 N–H and O–H groups in total. The van der Waals surface area contributed by atoms with Crippen LogP contribution in [0.4, 0.5) is 5.13 Å². The Morgan fingerprint density at radius 2 is 2.21 bits per heavy atom.